The van der Waals surface area contributed by atoms with E-state index in [-0.39, 0.29) is 5.56 Å². The van der Waals surface area contributed by atoms with E-state index in [1.807, 2.05) is 30.3 Å². The van der Waals surface area contributed by atoms with Gasteiger partial charge in [-0.1, -0.05) is 54.6 Å². The molecule has 2 N–H and O–H groups in total. The van der Waals surface area contributed by atoms with E-state index in [1.54, 1.807) is 12.5 Å². The van der Waals surface area contributed by atoms with Gasteiger partial charge in [-0.05, 0) is 49.2 Å². The second kappa shape index (κ2) is 9.27. The molecule has 0 bridgehead atoms. The van der Waals surface area contributed by atoms with Crippen LogP contribution in [0.3, 0.4) is 0 Å². The van der Waals surface area contributed by atoms with Gasteiger partial charge in [0.2, 0.25) is 0 Å². The predicted molar refractivity (Wildman–Crippen MR) is 137 cm³/mol. The van der Waals surface area contributed by atoms with Gasteiger partial charge < -0.3 is 4.98 Å². The molecule has 0 radical (unpaired) electrons. The summed E-state index contributed by atoms with van der Waals surface area (Å²) in [6.45, 7) is 3.01. The normalized spacial score (nSPS) is 15.0. The Kier molecular flexibility index (Phi) is 5.68. The molecule has 1 saturated heterocycles. The van der Waals surface area contributed by atoms with Crippen LogP contribution in [-0.4, -0.2) is 43.1 Å². The molecule has 1 aliphatic rings. The second-order valence-corrected chi connectivity index (χ2v) is 9.09. The lowest BCUT2D eigenvalue weighted by atomic mass is 9.95. The molecule has 2 aromatic carbocycles. The van der Waals surface area contributed by atoms with Crippen LogP contribution in [0, 0.1) is 0 Å². The van der Waals surface area contributed by atoms with E-state index >= 15 is 0 Å². The Hall–Kier alpha value is -4.10. The number of aromatic amines is 2. The van der Waals surface area contributed by atoms with Crippen molar-refractivity contribution in [1.82, 2.24) is 30.0 Å². The molecule has 6 rings (SSSR count). The maximum Gasteiger partial charge on any atom is 0.257 e. The van der Waals surface area contributed by atoms with Crippen molar-refractivity contribution < 1.29 is 0 Å². The number of benzene rings is 2. The van der Waals surface area contributed by atoms with E-state index in [1.165, 1.54) is 5.56 Å². The Labute approximate surface area is 202 Å². The van der Waals surface area contributed by atoms with Gasteiger partial charge in [0.1, 0.15) is 6.33 Å². The molecule has 4 heterocycles. The molecule has 0 unspecified atom stereocenters. The maximum absolute atomic E-state index is 12.4. The number of H-pyrrole nitrogens is 2. The predicted octanol–water partition coefficient (Wildman–Crippen LogP) is 4.75. The van der Waals surface area contributed by atoms with Gasteiger partial charge in [-0.3, -0.25) is 14.8 Å². The monoisotopic (exact) mass is 462 g/mol. The van der Waals surface area contributed by atoms with Gasteiger partial charge in [-0.15, -0.1) is 0 Å². The third-order valence-corrected chi connectivity index (χ3v) is 6.86. The zero-order chi connectivity index (χ0) is 23.6. The lowest BCUT2D eigenvalue weighted by molar-refractivity contribution is 0.202. The third kappa shape index (κ3) is 4.38. The molecule has 5 aromatic rings. The number of pyridine rings is 2. The molecule has 35 heavy (non-hydrogen) atoms. The molecular weight excluding hydrogens is 436 g/mol. The van der Waals surface area contributed by atoms with Gasteiger partial charge in [0.25, 0.3) is 5.56 Å². The number of aromatic nitrogens is 5. The van der Waals surface area contributed by atoms with E-state index in [0.717, 1.165) is 60.7 Å². The number of nitrogens with zero attached hydrogens (tertiary/aromatic N) is 4. The van der Waals surface area contributed by atoms with Crippen LogP contribution in [0.1, 0.15) is 30.1 Å². The quantitative estimate of drug-likeness (QED) is 0.393. The highest BCUT2D eigenvalue weighted by molar-refractivity contribution is 5.91. The molecule has 3 aromatic heterocycles. The number of likely N-dealkylation sites (tertiary alicyclic amines) is 1. The van der Waals surface area contributed by atoms with Gasteiger partial charge in [0.05, 0.1) is 16.6 Å². The molecule has 0 atom stereocenters. The molecule has 7 nitrogen and oxygen atoms in total. The Morgan fingerprint density at radius 1 is 0.943 bits per heavy atom. The van der Waals surface area contributed by atoms with Crippen molar-refractivity contribution in [2.45, 2.75) is 25.3 Å². The Balaban J connectivity index is 1.26. The summed E-state index contributed by atoms with van der Waals surface area (Å²) >= 11 is 0. The van der Waals surface area contributed by atoms with E-state index < -0.39 is 0 Å². The molecular formula is C28H26N6O. The minimum Gasteiger partial charge on any atom is -0.328 e. The summed E-state index contributed by atoms with van der Waals surface area (Å²) in [5.41, 5.74) is 5.77. The molecule has 0 aliphatic carbocycles. The number of fused-ring (bicyclic) bond motifs is 1. The maximum atomic E-state index is 12.4. The van der Waals surface area contributed by atoms with Gasteiger partial charge in [0.15, 0.2) is 5.82 Å². The first-order valence-corrected chi connectivity index (χ1v) is 12.0. The first-order chi connectivity index (χ1) is 17.2. The lowest BCUT2D eigenvalue weighted by Crippen LogP contribution is -2.32. The largest absolute Gasteiger partial charge is 0.328 e. The first-order valence-electron chi connectivity index (χ1n) is 12.0. The Morgan fingerprint density at radius 3 is 2.49 bits per heavy atom. The van der Waals surface area contributed by atoms with E-state index in [4.69, 9.17) is 4.98 Å². The van der Waals surface area contributed by atoms with Crippen molar-refractivity contribution in [3.63, 3.8) is 0 Å². The lowest BCUT2D eigenvalue weighted by Gasteiger charge is -2.30. The van der Waals surface area contributed by atoms with Crippen LogP contribution in [0.5, 0.6) is 0 Å². The van der Waals surface area contributed by atoms with Crippen molar-refractivity contribution in [3.8, 4) is 22.4 Å². The first kappa shape index (κ1) is 21.4. The molecule has 1 fully saturated rings. The van der Waals surface area contributed by atoms with Gasteiger partial charge >= 0.3 is 0 Å². The zero-order valence-electron chi connectivity index (χ0n) is 19.3. The fourth-order valence-corrected chi connectivity index (χ4v) is 4.96. The fourth-order valence-electron chi connectivity index (χ4n) is 4.96. The van der Waals surface area contributed by atoms with Crippen LogP contribution in [0.15, 0.2) is 84.0 Å². The van der Waals surface area contributed by atoms with Crippen molar-refractivity contribution >= 4 is 10.9 Å². The standard InChI is InChI=1S/C28H26N6O/c35-28-24-16-23(20-4-2-1-3-5-20)26(32-25(24)10-13-29-28)21-8-6-19(7-9-21)17-34-14-11-22(12-15-34)27-30-18-31-33-27/h1-10,13,16,18,22H,11-12,14-15,17H2,(H,29,35)(H,30,31,33). The van der Waals surface area contributed by atoms with Gasteiger partial charge in [-0.2, -0.15) is 5.10 Å². The highest BCUT2D eigenvalue weighted by Crippen LogP contribution is 2.33. The number of hydrogen-bond donors (Lipinski definition) is 2. The number of hydrogen-bond acceptors (Lipinski definition) is 5. The van der Waals surface area contributed by atoms with Crippen LogP contribution in [0.25, 0.3) is 33.3 Å². The minimum absolute atomic E-state index is 0.124. The average Bonchev–Trinajstić information content (AvgIpc) is 3.45. The topological polar surface area (TPSA) is 90.6 Å². The van der Waals surface area contributed by atoms with Gasteiger partial charge in [-0.25, -0.2) is 9.97 Å². The molecule has 1 aliphatic heterocycles. The number of rotatable bonds is 5. The van der Waals surface area contributed by atoms with Crippen LogP contribution < -0.4 is 5.56 Å². The van der Waals surface area contributed by atoms with Crippen molar-refractivity contribution in [2.24, 2.45) is 0 Å². The SMILES string of the molecule is O=c1[nH]ccc2nc(-c3ccc(CN4CCC(c5nc[nH]n5)CC4)cc3)c(-c3ccccc3)cc12. The molecule has 0 spiro atoms. The van der Waals surface area contributed by atoms with E-state index in [0.29, 0.717) is 16.8 Å². The summed E-state index contributed by atoms with van der Waals surface area (Å²) in [7, 11) is 0. The van der Waals surface area contributed by atoms with Crippen molar-refractivity contribution in [2.75, 3.05) is 13.1 Å². The van der Waals surface area contributed by atoms with Crippen LogP contribution in [-0.2, 0) is 6.54 Å². The van der Waals surface area contributed by atoms with E-state index in [2.05, 4.69) is 61.5 Å². The van der Waals surface area contributed by atoms with Crippen LogP contribution >= 0.6 is 0 Å². The summed E-state index contributed by atoms with van der Waals surface area (Å²) in [6.07, 6.45) is 5.47. The summed E-state index contributed by atoms with van der Waals surface area (Å²) in [5.74, 6) is 1.38. The zero-order valence-corrected chi connectivity index (χ0v) is 19.3. The number of nitrogens with one attached hydrogen (secondary N) is 2. The number of piperidine rings is 1. The highest BCUT2D eigenvalue weighted by atomic mass is 16.1. The highest BCUT2D eigenvalue weighted by Gasteiger charge is 2.23. The van der Waals surface area contributed by atoms with Crippen LogP contribution in [0.4, 0.5) is 0 Å². The van der Waals surface area contributed by atoms with E-state index in [9.17, 15) is 4.79 Å². The summed E-state index contributed by atoms with van der Waals surface area (Å²) in [4.78, 5) is 26.9. The van der Waals surface area contributed by atoms with Crippen LogP contribution in [0.2, 0.25) is 0 Å². The Morgan fingerprint density at radius 2 is 1.74 bits per heavy atom. The fraction of sp³-hybridized carbons (Fsp3) is 0.214. The average molecular weight is 463 g/mol. The Bertz CT molecular complexity index is 1480. The molecule has 7 heteroatoms. The summed E-state index contributed by atoms with van der Waals surface area (Å²) in [5, 5.41) is 7.68. The minimum atomic E-state index is -0.124. The summed E-state index contributed by atoms with van der Waals surface area (Å²) < 4.78 is 0. The second-order valence-electron chi connectivity index (χ2n) is 9.09. The molecule has 0 saturated carbocycles. The third-order valence-electron chi connectivity index (χ3n) is 6.86. The van der Waals surface area contributed by atoms with Crippen molar-refractivity contribution in [1.29, 1.82) is 0 Å². The smallest absolute Gasteiger partial charge is 0.257 e. The van der Waals surface area contributed by atoms with Crippen molar-refractivity contribution in [3.05, 3.63) is 101 Å². The summed E-state index contributed by atoms with van der Waals surface area (Å²) in [6, 6.07) is 22.6. The molecule has 174 valence electrons. The molecule has 0 amide bonds. The van der Waals surface area contributed by atoms with Gasteiger partial charge in [0, 0.05) is 29.8 Å².